The molecule has 0 bridgehead atoms. The monoisotopic (exact) mass is 274 g/mol. The molecule has 0 aliphatic carbocycles. The third kappa shape index (κ3) is 2.98. The summed E-state index contributed by atoms with van der Waals surface area (Å²) in [6, 6.07) is 1.24. The number of carbonyl (C=O) groups excluding carboxylic acids is 1. The maximum absolute atomic E-state index is 11.0. The average Bonchev–Trinajstić information content (AvgIpc) is 2.20. The van der Waals surface area contributed by atoms with E-state index in [0.29, 0.717) is 10.0 Å². The molecule has 0 aromatic carbocycles. The van der Waals surface area contributed by atoms with Crippen molar-refractivity contribution in [1.82, 2.24) is 4.98 Å². The van der Waals surface area contributed by atoms with Gasteiger partial charge < -0.3 is 14.9 Å². The van der Waals surface area contributed by atoms with Gasteiger partial charge in [-0.05, 0) is 31.4 Å². The van der Waals surface area contributed by atoms with Crippen molar-refractivity contribution >= 4 is 27.7 Å². The summed E-state index contributed by atoms with van der Waals surface area (Å²) in [6.45, 7) is 0. The van der Waals surface area contributed by atoms with E-state index in [1.54, 1.807) is 0 Å². The first-order chi connectivity index (χ1) is 7.04. The molecule has 1 aromatic rings. The quantitative estimate of drug-likeness (QED) is 0.474. The second-order valence-corrected chi connectivity index (χ2v) is 3.50. The number of carbonyl (C=O) groups is 1. The van der Waals surface area contributed by atoms with Crippen LogP contribution in [0.3, 0.4) is 0 Å². The largest absolute Gasteiger partial charge is 0.469 e. The van der Waals surface area contributed by atoms with E-state index in [1.165, 1.54) is 19.4 Å². The Kier molecular flexibility index (Phi) is 3.73. The predicted octanol–water partition coefficient (Wildman–Crippen LogP) is 1.47. The number of hydrogen-bond acceptors (Lipinski definition) is 5. The molecule has 0 aliphatic rings. The number of nitro groups is 1. The summed E-state index contributed by atoms with van der Waals surface area (Å²) in [7, 11) is 1.26. The van der Waals surface area contributed by atoms with Gasteiger partial charge in [0.15, 0.2) is 6.20 Å². The molecule has 15 heavy (non-hydrogen) atoms. The molecule has 6 nitrogen and oxygen atoms in total. The minimum atomic E-state index is -0.618. The SMILES string of the molecule is COC(=O)Cc1cc([N+](=O)[O-])ncc1Br. The minimum absolute atomic E-state index is 0.0273. The van der Waals surface area contributed by atoms with E-state index < -0.39 is 10.9 Å². The molecule has 1 rings (SSSR count). The number of nitrogens with zero attached hydrogens (tertiary/aromatic N) is 2. The van der Waals surface area contributed by atoms with Gasteiger partial charge in [0, 0.05) is 6.07 Å². The number of rotatable bonds is 3. The van der Waals surface area contributed by atoms with Gasteiger partial charge in [0.2, 0.25) is 0 Å². The Balaban J connectivity index is 3.00. The zero-order valence-electron chi connectivity index (χ0n) is 7.77. The summed E-state index contributed by atoms with van der Waals surface area (Å²) in [5, 5.41) is 10.4. The van der Waals surface area contributed by atoms with Gasteiger partial charge >= 0.3 is 11.8 Å². The van der Waals surface area contributed by atoms with Crippen LogP contribution in [0.25, 0.3) is 0 Å². The lowest BCUT2D eigenvalue weighted by Gasteiger charge is -2.01. The van der Waals surface area contributed by atoms with Crippen molar-refractivity contribution in [3.8, 4) is 0 Å². The molecule has 7 heteroatoms. The average molecular weight is 275 g/mol. The van der Waals surface area contributed by atoms with Crippen LogP contribution >= 0.6 is 15.9 Å². The van der Waals surface area contributed by atoms with Gasteiger partial charge in [-0.25, -0.2) is 0 Å². The van der Waals surface area contributed by atoms with Crippen LogP contribution in [0.4, 0.5) is 5.82 Å². The van der Waals surface area contributed by atoms with Crippen LogP contribution < -0.4 is 0 Å². The molecule has 0 saturated heterocycles. The van der Waals surface area contributed by atoms with Gasteiger partial charge in [0.25, 0.3) is 0 Å². The molecule has 0 saturated carbocycles. The first-order valence-corrected chi connectivity index (χ1v) is 4.69. The fourth-order valence-electron chi connectivity index (χ4n) is 0.931. The van der Waals surface area contributed by atoms with E-state index in [1.807, 2.05) is 0 Å². The summed E-state index contributed by atoms with van der Waals surface area (Å²) in [4.78, 5) is 24.4. The summed E-state index contributed by atoms with van der Waals surface area (Å²) in [6.07, 6.45) is 1.26. The Morgan fingerprint density at radius 3 is 2.93 bits per heavy atom. The lowest BCUT2D eigenvalue weighted by molar-refractivity contribution is -0.389. The van der Waals surface area contributed by atoms with E-state index in [4.69, 9.17) is 0 Å². The Labute approximate surface area is 93.5 Å². The van der Waals surface area contributed by atoms with Crippen molar-refractivity contribution in [3.63, 3.8) is 0 Å². The molecule has 1 aromatic heterocycles. The normalized spacial score (nSPS) is 9.73. The smallest absolute Gasteiger partial charge is 0.363 e. The molecule has 0 atom stereocenters. The van der Waals surface area contributed by atoms with Crippen LogP contribution in [0.15, 0.2) is 16.7 Å². The van der Waals surface area contributed by atoms with Gasteiger partial charge in [-0.2, -0.15) is 0 Å². The highest BCUT2D eigenvalue weighted by Gasteiger charge is 2.14. The third-order valence-electron chi connectivity index (χ3n) is 1.67. The fraction of sp³-hybridized carbons (Fsp3) is 0.250. The van der Waals surface area contributed by atoms with E-state index in [2.05, 4.69) is 25.7 Å². The summed E-state index contributed by atoms with van der Waals surface area (Å²) < 4.78 is 5.00. The van der Waals surface area contributed by atoms with E-state index in [0.717, 1.165) is 0 Å². The first-order valence-electron chi connectivity index (χ1n) is 3.90. The molecule has 0 spiro atoms. The van der Waals surface area contributed by atoms with Crippen molar-refractivity contribution < 1.29 is 14.5 Å². The molecule has 0 N–H and O–H groups in total. The van der Waals surface area contributed by atoms with Crippen LogP contribution in [-0.4, -0.2) is 23.0 Å². The lowest BCUT2D eigenvalue weighted by Crippen LogP contribution is -2.06. The van der Waals surface area contributed by atoms with E-state index >= 15 is 0 Å². The molecular weight excluding hydrogens is 268 g/mol. The minimum Gasteiger partial charge on any atom is -0.469 e. The van der Waals surface area contributed by atoms with Gasteiger partial charge in [-0.3, -0.25) is 4.79 Å². The lowest BCUT2D eigenvalue weighted by atomic mass is 10.2. The Hall–Kier alpha value is -1.50. The standard InChI is InChI=1S/C8H7BrN2O4/c1-15-8(12)3-5-2-7(11(13)14)10-4-6(5)9/h2,4H,3H2,1H3. The topological polar surface area (TPSA) is 82.3 Å². The number of ether oxygens (including phenoxy) is 1. The second-order valence-electron chi connectivity index (χ2n) is 2.64. The molecule has 1 heterocycles. The number of halogens is 1. The highest BCUT2D eigenvalue weighted by atomic mass is 79.9. The van der Waals surface area contributed by atoms with Crippen LogP contribution in [0.1, 0.15) is 5.56 Å². The molecule has 0 amide bonds. The zero-order chi connectivity index (χ0) is 11.4. The van der Waals surface area contributed by atoms with Crippen LogP contribution in [-0.2, 0) is 16.0 Å². The third-order valence-corrected chi connectivity index (χ3v) is 2.38. The Morgan fingerprint density at radius 1 is 1.73 bits per heavy atom. The number of methoxy groups -OCH3 is 1. The molecule has 0 unspecified atom stereocenters. The summed E-state index contributed by atoms with van der Waals surface area (Å²) >= 11 is 3.14. The highest BCUT2D eigenvalue weighted by molar-refractivity contribution is 9.10. The first kappa shape index (κ1) is 11.6. The number of hydrogen-bond donors (Lipinski definition) is 0. The number of pyridine rings is 1. The van der Waals surface area contributed by atoms with Crippen LogP contribution in [0, 0.1) is 10.1 Å². The van der Waals surface area contributed by atoms with E-state index in [9.17, 15) is 14.9 Å². The van der Waals surface area contributed by atoms with Crippen molar-refractivity contribution in [2.75, 3.05) is 7.11 Å². The highest BCUT2D eigenvalue weighted by Crippen LogP contribution is 2.20. The zero-order valence-corrected chi connectivity index (χ0v) is 9.35. The van der Waals surface area contributed by atoms with Gasteiger partial charge in [-0.15, -0.1) is 0 Å². The second kappa shape index (κ2) is 4.83. The van der Waals surface area contributed by atoms with Gasteiger partial charge in [0.1, 0.15) is 0 Å². The van der Waals surface area contributed by atoms with Crippen molar-refractivity contribution in [3.05, 3.63) is 32.4 Å². The van der Waals surface area contributed by atoms with Crippen molar-refractivity contribution in [2.45, 2.75) is 6.42 Å². The van der Waals surface area contributed by atoms with Gasteiger partial charge in [-0.1, -0.05) is 0 Å². The molecular formula is C8H7BrN2O4. The molecule has 0 radical (unpaired) electrons. The number of aromatic nitrogens is 1. The maximum atomic E-state index is 11.0. The molecule has 0 aliphatic heterocycles. The van der Waals surface area contributed by atoms with Crippen molar-refractivity contribution in [1.29, 1.82) is 0 Å². The maximum Gasteiger partial charge on any atom is 0.363 e. The fourth-order valence-corrected chi connectivity index (χ4v) is 1.29. The Bertz CT molecular complexity index is 408. The van der Waals surface area contributed by atoms with E-state index in [-0.39, 0.29) is 12.2 Å². The van der Waals surface area contributed by atoms with Crippen LogP contribution in [0.2, 0.25) is 0 Å². The molecule has 0 fully saturated rings. The van der Waals surface area contributed by atoms with Crippen LogP contribution in [0.5, 0.6) is 0 Å². The predicted molar refractivity (Wildman–Crippen MR) is 54.3 cm³/mol. The van der Waals surface area contributed by atoms with Gasteiger partial charge in [0.05, 0.1) is 18.0 Å². The molecule has 80 valence electrons. The Morgan fingerprint density at radius 2 is 2.40 bits per heavy atom. The number of esters is 1. The summed E-state index contributed by atoms with van der Waals surface area (Å²) in [5.41, 5.74) is 0.476. The van der Waals surface area contributed by atoms with Crippen molar-refractivity contribution in [2.24, 2.45) is 0 Å². The summed E-state index contributed by atoms with van der Waals surface area (Å²) in [5.74, 6) is -0.756.